The van der Waals surface area contributed by atoms with Gasteiger partial charge in [0, 0.05) is 21.0 Å². The maximum Gasteiger partial charge on any atom is 0.241 e. The molecule has 0 atom stereocenters. The zero-order valence-electron chi connectivity index (χ0n) is 11.1. The lowest BCUT2D eigenvalue weighted by atomic mass is 9.96. The Bertz CT molecular complexity index is 592. The summed E-state index contributed by atoms with van der Waals surface area (Å²) in [5.41, 5.74) is 0. The molecule has 0 bridgehead atoms. The minimum atomic E-state index is -3.44. The molecule has 0 aliphatic carbocycles. The molecular formula is C12H17BrN2O3S2. The van der Waals surface area contributed by atoms with Gasteiger partial charge in [-0.2, -0.15) is 0 Å². The Labute approximate surface area is 131 Å². The molecule has 0 unspecified atom stereocenters. The lowest BCUT2D eigenvalue weighted by Gasteiger charge is -2.34. The number of rotatable bonds is 4. The average Bonchev–Trinajstić information content (AvgIpc) is 2.81. The molecule has 8 heteroatoms. The second kappa shape index (κ2) is 6.13. The number of thiophene rings is 1. The first kappa shape index (κ1) is 15.9. The van der Waals surface area contributed by atoms with E-state index in [1.807, 2.05) is 11.4 Å². The minimum Gasteiger partial charge on any atom is -0.350 e. The minimum absolute atomic E-state index is 0.325. The van der Waals surface area contributed by atoms with Crippen molar-refractivity contribution >= 4 is 43.0 Å². The molecule has 0 radical (unpaired) electrons. The van der Waals surface area contributed by atoms with Crippen LogP contribution in [0.25, 0.3) is 0 Å². The number of carbonyl (C=O) groups excluding carboxylic acids is 1. The van der Waals surface area contributed by atoms with E-state index in [0.29, 0.717) is 32.5 Å². The molecule has 1 aromatic rings. The molecule has 1 aliphatic heterocycles. The first-order valence-corrected chi connectivity index (χ1v) is 9.83. The predicted molar refractivity (Wildman–Crippen MR) is 83.5 cm³/mol. The molecule has 0 aromatic carbocycles. The van der Waals surface area contributed by atoms with Crippen LogP contribution in [-0.2, 0) is 21.2 Å². The second-order valence-electron chi connectivity index (χ2n) is 4.93. The van der Waals surface area contributed by atoms with Gasteiger partial charge in [-0.25, -0.2) is 8.42 Å². The van der Waals surface area contributed by atoms with E-state index in [1.54, 1.807) is 0 Å². The van der Waals surface area contributed by atoms with Crippen LogP contribution in [0.15, 0.2) is 15.9 Å². The van der Waals surface area contributed by atoms with Gasteiger partial charge >= 0.3 is 0 Å². The van der Waals surface area contributed by atoms with Gasteiger partial charge in [0.25, 0.3) is 0 Å². The summed E-state index contributed by atoms with van der Waals surface area (Å²) in [6.07, 6.45) is 1.80. The zero-order valence-corrected chi connectivity index (χ0v) is 14.3. The third kappa shape index (κ3) is 3.24. The average molecular weight is 381 g/mol. The van der Waals surface area contributed by atoms with Crippen LogP contribution in [0.1, 0.15) is 17.7 Å². The monoisotopic (exact) mass is 380 g/mol. The Morgan fingerprint density at radius 1 is 1.50 bits per heavy atom. The van der Waals surface area contributed by atoms with E-state index in [9.17, 15) is 13.2 Å². The second-order valence-corrected chi connectivity index (χ2v) is 9.17. The summed E-state index contributed by atoms with van der Waals surface area (Å²) in [7, 11) is -3.44. The van der Waals surface area contributed by atoms with E-state index in [2.05, 4.69) is 26.6 Å². The van der Waals surface area contributed by atoms with Gasteiger partial charge in [0.1, 0.15) is 0 Å². The third-order valence-corrected chi connectivity index (χ3v) is 7.29. The van der Waals surface area contributed by atoms with Crippen molar-refractivity contribution in [2.75, 3.05) is 19.3 Å². The number of piperidine rings is 1. The van der Waals surface area contributed by atoms with Gasteiger partial charge < -0.3 is 10.6 Å². The standard InChI is InChI=1S/C12H17BrN2O3S2/c1-20(17,18)12(2-4-14-5-3-12)11(16)15-7-10-6-9(13)8-19-10/h6,8,14H,2-5,7H2,1H3,(H,15,16). The number of halogens is 1. The normalized spacial score (nSPS) is 18.7. The SMILES string of the molecule is CS(=O)(=O)C1(C(=O)NCc2cc(Br)cs2)CCNCC1. The van der Waals surface area contributed by atoms with Crippen molar-refractivity contribution in [2.45, 2.75) is 24.1 Å². The van der Waals surface area contributed by atoms with E-state index >= 15 is 0 Å². The fourth-order valence-electron chi connectivity index (χ4n) is 2.37. The lowest BCUT2D eigenvalue weighted by molar-refractivity contribution is -0.124. The van der Waals surface area contributed by atoms with Crippen molar-refractivity contribution in [3.8, 4) is 0 Å². The number of hydrogen-bond donors (Lipinski definition) is 2. The Morgan fingerprint density at radius 3 is 2.65 bits per heavy atom. The van der Waals surface area contributed by atoms with Crippen molar-refractivity contribution in [1.82, 2.24) is 10.6 Å². The summed E-state index contributed by atoms with van der Waals surface area (Å²) < 4.78 is 23.8. The molecular weight excluding hydrogens is 364 g/mol. The van der Waals surface area contributed by atoms with Crippen LogP contribution in [0.4, 0.5) is 0 Å². The quantitative estimate of drug-likeness (QED) is 0.825. The molecule has 112 valence electrons. The first-order valence-electron chi connectivity index (χ1n) is 6.27. The molecule has 1 amide bonds. The summed E-state index contributed by atoms with van der Waals surface area (Å²) in [4.78, 5) is 13.4. The van der Waals surface area contributed by atoms with E-state index in [0.717, 1.165) is 15.6 Å². The number of sulfone groups is 1. The highest BCUT2D eigenvalue weighted by Crippen LogP contribution is 2.28. The Morgan fingerprint density at radius 2 is 2.15 bits per heavy atom. The number of carbonyl (C=O) groups is 1. The highest BCUT2D eigenvalue weighted by atomic mass is 79.9. The van der Waals surface area contributed by atoms with Gasteiger partial charge in [0.2, 0.25) is 5.91 Å². The van der Waals surface area contributed by atoms with Gasteiger partial charge in [0.15, 0.2) is 14.6 Å². The van der Waals surface area contributed by atoms with Gasteiger partial charge in [-0.3, -0.25) is 4.79 Å². The largest absolute Gasteiger partial charge is 0.350 e. The van der Waals surface area contributed by atoms with Crippen LogP contribution in [0, 0.1) is 0 Å². The van der Waals surface area contributed by atoms with Gasteiger partial charge in [-0.05, 0) is 47.9 Å². The molecule has 0 spiro atoms. The van der Waals surface area contributed by atoms with Crippen molar-refractivity contribution in [3.63, 3.8) is 0 Å². The topological polar surface area (TPSA) is 75.3 Å². The molecule has 0 saturated carbocycles. The van der Waals surface area contributed by atoms with Crippen molar-refractivity contribution in [3.05, 3.63) is 20.8 Å². The molecule has 2 N–H and O–H groups in total. The van der Waals surface area contributed by atoms with Crippen LogP contribution in [0.5, 0.6) is 0 Å². The van der Waals surface area contributed by atoms with Crippen molar-refractivity contribution in [2.24, 2.45) is 0 Å². The Hall–Kier alpha value is -0.440. The van der Waals surface area contributed by atoms with Crippen molar-refractivity contribution in [1.29, 1.82) is 0 Å². The number of hydrogen-bond acceptors (Lipinski definition) is 5. The van der Waals surface area contributed by atoms with Crippen LogP contribution >= 0.6 is 27.3 Å². The fraction of sp³-hybridized carbons (Fsp3) is 0.583. The lowest BCUT2D eigenvalue weighted by Crippen LogP contribution is -2.57. The molecule has 1 aliphatic rings. The van der Waals surface area contributed by atoms with Crippen molar-refractivity contribution < 1.29 is 13.2 Å². The molecule has 5 nitrogen and oxygen atoms in total. The van der Waals surface area contributed by atoms with E-state index in [4.69, 9.17) is 0 Å². The highest BCUT2D eigenvalue weighted by molar-refractivity contribution is 9.10. The summed E-state index contributed by atoms with van der Waals surface area (Å²) in [5.74, 6) is -0.383. The summed E-state index contributed by atoms with van der Waals surface area (Å²) in [5, 5.41) is 7.80. The van der Waals surface area contributed by atoms with E-state index < -0.39 is 14.6 Å². The van der Waals surface area contributed by atoms with Crippen LogP contribution in [-0.4, -0.2) is 38.4 Å². The Kier molecular flexibility index (Phi) is 4.88. The summed E-state index contributed by atoms with van der Waals surface area (Å²) in [6.45, 7) is 1.45. The number of nitrogens with one attached hydrogen (secondary N) is 2. The maximum atomic E-state index is 12.4. The zero-order chi connectivity index (χ0) is 14.8. The van der Waals surface area contributed by atoms with E-state index in [-0.39, 0.29) is 5.91 Å². The smallest absolute Gasteiger partial charge is 0.241 e. The van der Waals surface area contributed by atoms with Crippen LogP contribution in [0.2, 0.25) is 0 Å². The van der Waals surface area contributed by atoms with Gasteiger partial charge in [-0.15, -0.1) is 11.3 Å². The summed E-state index contributed by atoms with van der Waals surface area (Å²) in [6, 6.07) is 1.92. The molecule has 2 rings (SSSR count). The third-order valence-electron chi connectivity index (χ3n) is 3.58. The Balaban J connectivity index is 2.11. The van der Waals surface area contributed by atoms with Crippen LogP contribution in [0.3, 0.4) is 0 Å². The maximum absolute atomic E-state index is 12.4. The molecule has 1 saturated heterocycles. The van der Waals surface area contributed by atoms with Gasteiger partial charge in [-0.1, -0.05) is 0 Å². The van der Waals surface area contributed by atoms with Crippen LogP contribution < -0.4 is 10.6 Å². The molecule has 20 heavy (non-hydrogen) atoms. The summed E-state index contributed by atoms with van der Waals surface area (Å²) >= 11 is 4.87. The first-order chi connectivity index (χ1) is 9.35. The van der Waals surface area contributed by atoms with E-state index in [1.165, 1.54) is 11.3 Å². The highest BCUT2D eigenvalue weighted by Gasteiger charge is 2.48. The number of amides is 1. The van der Waals surface area contributed by atoms with Gasteiger partial charge in [0.05, 0.1) is 6.54 Å². The predicted octanol–water partition coefficient (Wildman–Crippen LogP) is 1.29. The molecule has 1 aromatic heterocycles. The fourth-order valence-corrected chi connectivity index (χ4v) is 5.12. The molecule has 1 fully saturated rings. The molecule has 2 heterocycles.